The van der Waals surface area contributed by atoms with Crippen LogP contribution in [-0.2, 0) is 6.42 Å². The van der Waals surface area contributed by atoms with Gasteiger partial charge in [-0.1, -0.05) is 38.0 Å². The summed E-state index contributed by atoms with van der Waals surface area (Å²) in [5, 5.41) is 7.06. The number of thiophene rings is 1. The fraction of sp³-hybridized carbons (Fsp3) is 0.429. The summed E-state index contributed by atoms with van der Waals surface area (Å²) in [7, 11) is 1.16. The van der Waals surface area contributed by atoms with Crippen LogP contribution in [0.25, 0.3) is 10.1 Å². The standard InChI is InChI=1S/C28H29F7N3OPS/c1-38-13-11-21(20(29)16-38)37-23-7-4-6-18-19(15-27(30,31)32)25(41-26(18)23)8-5-12-36-22-10-9-17(40(2)3)14-24(22)39-28(33,34)35/h4,6-7,9-10,14,20-21,36-37H,11-13,15-16H2,1-3H3. The first-order valence-corrected chi connectivity index (χ1v) is 15.8. The van der Waals surface area contributed by atoms with E-state index in [-0.39, 0.29) is 29.2 Å². The Kier molecular flexibility index (Phi) is 9.62. The van der Waals surface area contributed by atoms with Crippen LogP contribution in [0.5, 0.6) is 5.75 Å². The van der Waals surface area contributed by atoms with Crippen LogP contribution in [0.4, 0.5) is 42.1 Å². The molecule has 2 heterocycles. The van der Waals surface area contributed by atoms with Crippen molar-refractivity contribution in [3.05, 3.63) is 46.8 Å². The number of rotatable bonds is 7. The lowest BCUT2D eigenvalue weighted by molar-refractivity contribution is -0.274. The first-order chi connectivity index (χ1) is 19.2. The molecule has 2 N–H and O–H groups in total. The lowest BCUT2D eigenvalue weighted by Crippen LogP contribution is -2.46. The molecule has 41 heavy (non-hydrogen) atoms. The molecule has 0 radical (unpaired) electrons. The van der Waals surface area contributed by atoms with Gasteiger partial charge in [-0.2, -0.15) is 13.2 Å². The van der Waals surface area contributed by atoms with E-state index in [1.165, 1.54) is 12.1 Å². The van der Waals surface area contributed by atoms with Gasteiger partial charge in [-0.3, -0.25) is 0 Å². The molecule has 2 aromatic carbocycles. The van der Waals surface area contributed by atoms with Crippen molar-refractivity contribution in [2.45, 2.75) is 37.6 Å². The molecular weight excluding hydrogens is 590 g/mol. The number of hydrogen-bond donors (Lipinski definition) is 2. The normalized spacial score (nSPS) is 18.3. The van der Waals surface area contributed by atoms with Gasteiger partial charge in [0.25, 0.3) is 0 Å². The molecule has 2 atom stereocenters. The van der Waals surface area contributed by atoms with Crippen LogP contribution in [-0.4, -0.2) is 69.7 Å². The summed E-state index contributed by atoms with van der Waals surface area (Å²) in [6.07, 6.45) is -11.2. The van der Waals surface area contributed by atoms with Crippen molar-refractivity contribution in [3.8, 4) is 17.6 Å². The minimum atomic E-state index is -4.89. The van der Waals surface area contributed by atoms with Crippen molar-refractivity contribution in [1.82, 2.24) is 4.90 Å². The average Bonchev–Trinajstić information content (AvgIpc) is 3.19. The SMILES string of the molecule is CN1CCC(Nc2cccc3c(CC(F)(F)F)c(C#CCNc4ccc(P(C)C)cc4OC(F)(F)F)sc23)C(F)C1. The molecular formula is C28H29F7N3OPS. The average molecular weight is 620 g/mol. The molecule has 4 nitrogen and oxygen atoms in total. The second-order valence-corrected chi connectivity index (χ2v) is 13.3. The molecule has 1 aliphatic rings. The molecule has 2 unspecified atom stereocenters. The highest BCUT2D eigenvalue weighted by molar-refractivity contribution is 7.64. The summed E-state index contributed by atoms with van der Waals surface area (Å²) in [6.45, 7) is 4.62. The van der Waals surface area contributed by atoms with E-state index in [1.54, 1.807) is 24.3 Å². The number of ether oxygens (including phenoxy) is 1. The highest BCUT2D eigenvalue weighted by Crippen LogP contribution is 2.40. The summed E-state index contributed by atoms with van der Waals surface area (Å²) in [6, 6.07) is 8.94. The highest BCUT2D eigenvalue weighted by atomic mass is 32.1. The van der Waals surface area contributed by atoms with Crippen LogP contribution in [0.15, 0.2) is 36.4 Å². The Morgan fingerprint density at radius 1 is 1.10 bits per heavy atom. The Labute approximate surface area is 239 Å². The lowest BCUT2D eigenvalue weighted by atomic mass is 10.0. The number of likely N-dealkylation sites (tertiary alicyclic amines) is 1. The fourth-order valence-corrected chi connectivity index (χ4v) is 6.51. The van der Waals surface area contributed by atoms with Crippen molar-refractivity contribution in [2.24, 2.45) is 0 Å². The first-order valence-electron chi connectivity index (χ1n) is 12.7. The van der Waals surface area contributed by atoms with Gasteiger partial charge in [0.1, 0.15) is 6.17 Å². The Hall–Kier alpha value is -2.74. The molecule has 1 aliphatic heterocycles. The predicted octanol–water partition coefficient (Wildman–Crippen LogP) is 7.19. The van der Waals surface area contributed by atoms with Crippen molar-refractivity contribution >= 4 is 46.0 Å². The van der Waals surface area contributed by atoms with Gasteiger partial charge in [-0.25, -0.2) is 4.39 Å². The quantitative estimate of drug-likeness (QED) is 0.167. The number of piperidine rings is 1. The maximum absolute atomic E-state index is 14.7. The van der Waals surface area contributed by atoms with E-state index < -0.39 is 44.8 Å². The lowest BCUT2D eigenvalue weighted by Gasteiger charge is -2.33. The minimum absolute atomic E-state index is 0.0125. The second kappa shape index (κ2) is 12.6. The number of fused-ring (bicyclic) bond motifs is 1. The van der Waals surface area contributed by atoms with Gasteiger partial charge >= 0.3 is 12.5 Å². The van der Waals surface area contributed by atoms with E-state index in [9.17, 15) is 30.7 Å². The molecule has 222 valence electrons. The van der Waals surface area contributed by atoms with Crippen molar-refractivity contribution < 1.29 is 35.5 Å². The summed E-state index contributed by atoms with van der Waals surface area (Å²) in [5.74, 6) is 5.12. The fourth-order valence-electron chi connectivity index (χ4n) is 4.59. The number of alkyl halides is 7. The van der Waals surface area contributed by atoms with Gasteiger partial charge in [0.2, 0.25) is 0 Å². The summed E-state index contributed by atoms with van der Waals surface area (Å²) >= 11 is 1.08. The first kappa shape index (κ1) is 31.2. The number of nitrogens with zero attached hydrogens (tertiary/aromatic N) is 1. The van der Waals surface area contributed by atoms with Crippen LogP contribution >= 0.6 is 19.3 Å². The summed E-state index contributed by atoms with van der Waals surface area (Å²) in [4.78, 5) is 2.08. The van der Waals surface area contributed by atoms with E-state index in [0.29, 0.717) is 34.0 Å². The third kappa shape index (κ3) is 8.40. The largest absolute Gasteiger partial charge is 0.573 e. The number of anilines is 2. The van der Waals surface area contributed by atoms with Crippen molar-refractivity contribution in [2.75, 3.05) is 50.6 Å². The van der Waals surface area contributed by atoms with Gasteiger partial charge in [0.15, 0.2) is 5.75 Å². The zero-order valence-corrected chi connectivity index (χ0v) is 24.2. The van der Waals surface area contributed by atoms with Gasteiger partial charge in [0.05, 0.1) is 40.0 Å². The second-order valence-electron chi connectivity index (χ2n) is 9.98. The van der Waals surface area contributed by atoms with E-state index in [1.807, 2.05) is 25.3 Å². The van der Waals surface area contributed by atoms with Gasteiger partial charge in [-0.15, -0.1) is 24.5 Å². The number of halogens is 7. The third-order valence-corrected chi connectivity index (χ3v) is 9.06. The maximum atomic E-state index is 14.7. The minimum Gasteiger partial charge on any atom is -0.404 e. The number of hydrogen-bond acceptors (Lipinski definition) is 5. The van der Waals surface area contributed by atoms with Crippen LogP contribution < -0.4 is 20.7 Å². The zero-order valence-electron chi connectivity index (χ0n) is 22.5. The zero-order chi connectivity index (χ0) is 29.9. The molecule has 0 spiro atoms. The molecule has 0 amide bonds. The van der Waals surface area contributed by atoms with Gasteiger partial charge in [0, 0.05) is 13.1 Å². The van der Waals surface area contributed by atoms with Crippen LogP contribution in [0.1, 0.15) is 16.9 Å². The molecule has 13 heteroatoms. The Morgan fingerprint density at radius 2 is 1.85 bits per heavy atom. The van der Waals surface area contributed by atoms with E-state index >= 15 is 0 Å². The summed E-state index contributed by atoms with van der Waals surface area (Å²) in [5.41, 5.74) is 0.619. The topological polar surface area (TPSA) is 36.5 Å². The molecule has 1 fully saturated rings. The number of nitrogens with one attached hydrogen (secondary N) is 2. The van der Waals surface area contributed by atoms with Crippen molar-refractivity contribution in [1.29, 1.82) is 0 Å². The maximum Gasteiger partial charge on any atom is 0.573 e. The summed E-state index contributed by atoms with van der Waals surface area (Å²) < 4.78 is 98.9. The van der Waals surface area contributed by atoms with Crippen LogP contribution in [0.3, 0.4) is 0 Å². The molecule has 0 aliphatic carbocycles. The molecule has 1 aromatic heterocycles. The Morgan fingerprint density at radius 3 is 2.51 bits per heavy atom. The molecule has 4 rings (SSSR count). The van der Waals surface area contributed by atoms with E-state index in [2.05, 4.69) is 27.2 Å². The van der Waals surface area contributed by atoms with Gasteiger partial charge in [-0.05, 0) is 61.3 Å². The van der Waals surface area contributed by atoms with E-state index in [4.69, 9.17) is 0 Å². The monoisotopic (exact) mass is 619 g/mol. The Bertz CT molecular complexity index is 1430. The molecule has 3 aromatic rings. The highest BCUT2D eigenvalue weighted by Gasteiger charge is 2.33. The van der Waals surface area contributed by atoms with Crippen LogP contribution in [0, 0.1) is 11.8 Å². The predicted molar refractivity (Wildman–Crippen MR) is 153 cm³/mol. The van der Waals surface area contributed by atoms with Gasteiger partial charge < -0.3 is 20.3 Å². The number of benzene rings is 2. The van der Waals surface area contributed by atoms with E-state index in [0.717, 1.165) is 11.3 Å². The van der Waals surface area contributed by atoms with Crippen LogP contribution in [0.2, 0.25) is 0 Å². The van der Waals surface area contributed by atoms with Crippen molar-refractivity contribution in [3.63, 3.8) is 0 Å². The Balaban J connectivity index is 1.61. The third-order valence-electron chi connectivity index (χ3n) is 6.56. The molecule has 0 bridgehead atoms. The smallest absolute Gasteiger partial charge is 0.404 e. The molecule has 0 saturated carbocycles. The molecule has 1 saturated heterocycles.